The summed E-state index contributed by atoms with van der Waals surface area (Å²) < 4.78 is 0. The summed E-state index contributed by atoms with van der Waals surface area (Å²) in [5, 5.41) is 0. The lowest BCUT2D eigenvalue weighted by atomic mass is 9.68. The van der Waals surface area contributed by atoms with Gasteiger partial charge in [-0.1, -0.05) is 27.7 Å². The van der Waals surface area contributed by atoms with E-state index in [1.165, 1.54) is 19.4 Å². The van der Waals surface area contributed by atoms with Gasteiger partial charge in [-0.25, -0.2) is 0 Å². The van der Waals surface area contributed by atoms with Crippen molar-refractivity contribution >= 4 is 0 Å². The van der Waals surface area contributed by atoms with E-state index < -0.39 is 0 Å². The van der Waals surface area contributed by atoms with Crippen LogP contribution in [0.5, 0.6) is 0 Å². The third-order valence-corrected chi connectivity index (χ3v) is 3.47. The summed E-state index contributed by atoms with van der Waals surface area (Å²) in [6.45, 7) is 12.3. The SMILES string of the molecule is CCN(CC(C)C)C1(CN)CC(C)C1. The van der Waals surface area contributed by atoms with Crippen molar-refractivity contribution in [2.75, 3.05) is 19.6 Å². The molecule has 1 aliphatic rings. The van der Waals surface area contributed by atoms with E-state index >= 15 is 0 Å². The molecule has 1 rings (SSSR count). The fourth-order valence-electron chi connectivity index (χ4n) is 2.89. The van der Waals surface area contributed by atoms with Crippen LogP contribution in [0.15, 0.2) is 0 Å². The van der Waals surface area contributed by atoms with Crippen LogP contribution in [-0.2, 0) is 0 Å². The van der Waals surface area contributed by atoms with Crippen LogP contribution in [0.3, 0.4) is 0 Å². The molecule has 0 aliphatic heterocycles. The van der Waals surface area contributed by atoms with E-state index in [1.54, 1.807) is 0 Å². The van der Waals surface area contributed by atoms with E-state index in [2.05, 4.69) is 32.6 Å². The van der Waals surface area contributed by atoms with Crippen molar-refractivity contribution < 1.29 is 0 Å². The zero-order valence-corrected chi connectivity index (χ0v) is 10.2. The van der Waals surface area contributed by atoms with Gasteiger partial charge in [-0.05, 0) is 31.2 Å². The van der Waals surface area contributed by atoms with Gasteiger partial charge in [0.2, 0.25) is 0 Å². The van der Waals surface area contributed by atoms with Crippen LogP contribution in [0, 0.1) is 11.8 Å². The lowest BCUT2D eigenvalue weighted by Gasteiger charge is -2.53. The molecule has 0 aromatic carbocycles. The van der Waals surface area contributed by atoms with Crippen molar-refractivity contribution in [3.05, 3.63) is 0 Å². The Kier molecular flexibility index (Phi) is 3.96. The van der Waals surface area contributed by atoms with Crippen molar-refractivity contribution in [2.45, 2.75) is 46.1 Å². The van der Waals surface area contributed by atoms with Gasteiger partial charge in [0.05, 0.1) is 0 Å². The molecule has 0 atom stereocenters. The van der Waals surface area contributed by atoms with Gasteiger partial charge in [0.15, 0.2) is 0 Å². The Morgan fingerprint density at radius 1 is 1.43 bits per heavy atom. The van der Waals surface area contributed by atoms with Crippen molar-refractivity contribution in [1.82, 2.24) is 4.90 Å². The highest BCUT2D eigenvalue weighted by atomic mass is 15.2. The van der Waals surface area contributed by atoms with Crippen LogP contribution in [0.1, 0.15) is 40.5 Å². The maximum atomic E-state index is 5.94. The molecule has 0 aromatic rings. The molecule has 0 spiro atoms. The predicted molar refractivity (Wildman–Crippen MR) is 62.3 cm³/mol. The van der Waals surface area contributed by atoms with Crippen LogP contribution >= 0.6 is 0 Å². The highest BCUT2D eigenvalue weighted by molar-refractivity contribution is 5.02. The molecule has 0 aromatic heterocycles. The largest absolute Gasteiger partial charge is 0.329 e. The quantitative estimate of drug-likeness (QED) is 0.733. The third-order valence-electron chi connectivity index (χ3n) is 3.47. The monoisotopic (exact) mass is 198 g/mol. The minimum Gasteiger partial charge on any atom is -0.329 e. The summed E-state index contributed by atoms with van der Waals surface area (Å²) in [6, 6.07) is 0. The normalized spacial score (nSPS) is 32.4. The summed E-state index contributed by atoms with van der Waals surface area (Å²) in [4.78, 5) is 2.59. The van der Waals surface area contributed by atoms with Gasteiger partial charge < -0.3 is 5.73 Å². The number of nitrogens with two attached hydrogens (primary N) is 1. The maximum Gasteiger partial charge on any atom is 0.0336 e. The summed E-state index contributed by atoms with van der Waals surface area (Å²) in [5.41, 5.74) is 6.29. The Morgan fingerprint density at radius 3 is 2.29 bits per heavy atom. The van der Waals surface area contributed by atoms with Crippen LogP contribution in [0.4, 0.5) is 0 Å². The van der Waals surface area contributed by atoms with E-state index in [0.29, 0.717) is 5.54 Å². The first-order valence-electron chi connectivity index (χ1n) is 5.99. The van der Waals surface area contributed by atoms with E-state index in [9.17, 15) is 0 Å². The Labute approximate surface area is 88.8 Å². The van der Waals surface area contributed by atoms with Gasteiger partial charge >= 0.3 is 0 Å². The van der Waals surface area contributed by atoms with Gasteiger partial charge in [0.25, 0.3) is 0 Å². The molecule has 0 radical (unpaired) electrons. The van der Waals surface area contributed by atoms with Crippen molar-refractivity contribution in [1.29, 1.82) is 0 Å². The summed E-state index contributed by atoms with van der Waals surface area (Å²) in [7, 11) is 0. The van der Waals surface area contributed by atoms with Gasteiger partial charge in [0, 0.05) is 18.6 Å². The smallest absolute Gasteiger partial charge is 0.0336 e. The van der Waals surface area contributed by atoms with E-state index in [4.69, 9.17) is 5.73 Å². The minimum absolute atomic E-state index is 0.346. The van der Waals surface area contributed by atoms with Gasteiger partial charge in [-0.15, -0.1) is 0 Å². The molecule has 1 fully saturated rings. The zero-order chi connectivity index (χ0) is 10.8. The van der Waals surface area contributed by atoms with E-state index in [-0.39, 0.29) is 0 Å². The second-order valence-corrected chi connectivity index (χ2v) is 5.37. The molecular formula is C12H26N2. The second-order valence-electron chi connectivity index (χ2n) is 5.37. The fourth-order valence-corrected chi connectivity index (χ4v) is 2.89. The first kappa shape index (κ1) is 12.0. The molecule has 1 saturated carbocycles. The van der Waals surface area contributed by atoms with Gasteiger partial charge in [-0.3, -0.25) is 4.90 Å². The number of rotatable bonds is 5. The van der Waals surface area contributed by atoms with Crippen molar-refractivity contribution in [3.63, 3.8) is 0 Å². The molecule has 84 valence electrons. The molecule has 1 aliphatic carbocycles. The minimum atomic E-state index is 0.346. The van der Waals surface area contributed by atoms with Crippen LogP contribution < -0.4 is 5.73 Å². The Morgan fingerprint density at radius 2 is 2.00 bits per heavy atom. The van der Waals surface area contributed by atoms with Crippen molar-refractivity contribution in [3.8, 4) is 0 Å². The molecule has 0 heterocycles. The Hall–Kier alpha value is -0.0800. The molecule has 0 unspecified atom stereocenters. The molecular weight excluding hydrogens is 172 g/mol. The number of hydrogen-bond acceptors (Lipinski definition) is 2. The summed E-state index contributed by atoms with van der Waals surface area (Å²) >= 11 is 0. The predicted octanol–water partition coefficient (Wildman–Crippen LogP) is 2.09. The number of nitrogens with zero attached hydrogens (tertiary/aromatic N) is 1. The second kappa shape index (κ2) is 4.63. The van der Waals surface area contributed by atoms with E-state index in [0.717, 1.165) is 24.9 Å². The highest BCUT2D eigenvalue weighted by Gasteiger charge is 2.44. The lowest BCUT2D eigenvalue weighted by Crippen LogP contribution is -2.61. The fraction of sp³-hybridized carbons (Fsp3) is 1.00. The average molecular weight is 198 g/mol. The number of hydrogen-bond donors (Lipinski definition) is 1. The van der Waals surface area contributed by atoms with Crippen molar-refractivity contribution in [2.24, 2.45) is 17.6 Å². The Balaban J connectivity index is 2.57. The number of likely N-dealkylation sites (N-methyl/N-ethyl adjacent to an activating group) is 1. The standard InChI is InChI=1S/C12H26N2/c1-5-14(8-10(2)3)12(9-13)6-11(4)7-12/h10-11H,5-9,13H2,1-4H3. The summed E-state index contributed by atoms with van der Waals surface area (Å²) in [5.74, 6) is 1.62. The van der Waals surface area contributed by atoms with E-state index in [1.807, 2.05) is 0 Å². The highest BCUT2D eigenvalue weighted by Crippen LogP contribution is 2.41. The molecule has 2 nitrogen and oxygen atoms in total. The summed E-state index contributed by atoms with van der Waals surface area (Å²) in [6.07, 6.45) is 2.59. The first-order chi connectivity index (χ1) is 6.54. The lowest BCUT2D eigenvalue weighted by molar-refractivity contribution is -0.0161. The third kappa shape index (κ3) is 2.29. The molecule has 0 amide bonds. The van der Waals surface area contributed by atoms with Crippen LogP contribution in [-0.4, -0.2) is 30.1 Å². The van der Waals surface area contributed by atoms with Crippen LogP contribution in [0.25, 0.3) is 0 Å². The molecule has 2 N–H and O–H groups in total. The molecule has 0 saturated heterocycles. The van der Waals surface area contributed by atoms with Gasteiger partial charge in [-0.2, -0.15) is 0 Å². The van der Waals surface area contributed by atoms with Gasteiger partial charge in [0.1, 0.15) is 0 Å². The zero-order valence-electron chi connectivity index (χ0n) is 10.2. The average Bonchev–Trinajstić information content (AvgIpc) is 2.08. The van der Waals surface area contributed by atoms with Crippen LogP contribution in [0.2, 0.25) is 0 Å². The maximum absolute atomic E-state index is 5.94. The molecule has 0 bridgehead atoms. The first-order valence-corrected chi connectivity index (χ1v) is 5.99. The molecule has 14 heavy (non-hydrogen) atoms. The Bertz CT molecular complexity index is 171. The molecule has 2 heteroatoms. The topological polar surface area (TPSA) is 29.3 Å².